The Morgan fingerprint density at radius 3 is 1.44 bits per heavy atom. The summed E-state index contributed by atoms with van der Waals surface area (Å²) in [6.07, 6.45) is 10.9. The van der Waals surface area contributed by atoms with Gasteiger partial charge in [0.1, 0.15) is 0 Å². The fourth-order valence-electron chi connectivity index (χ4n) is 2.07. The molecule has 0 N–H and O–H groups in total. The molecule has 0 aromatic rings. The highest BCUT2D eigenvalue weighted by Gasteiger charge is 2.22. The average Bonchev–Trinajstić information content (AvgIpc) is 2.20. The first kappa shape index (κ1) is 18.7. The summed E-state index contributed by atoms with van der Waals surface area (Å²) in [6, 6.07) is 0. The van der Waals surface area contributed by atoms with Crippen molar-refractivity contribution in [1.29, 1.82) is 0 Å². The molecule has 110 valence electrons. The molecule has 0 bridgehead atoms. The summed E-state index contributed by atoms with van der Waals surface area (Å²) in [5.74, 6) is 0. The third-order valence-corrected chi connectivity index (χ3v) is 5.09. The molecular formula is C16H34S2. The second-order valence-electron chi connectivity index (χ2n) is 7.54. The first-order valence-corrected chi connectivity index (χ1v) is 8.54. The highest BCUT2D eigenvalue weighted by molar-refractivity contribution is 7.99. The molecule has 0 aliphatic carbocycles. The van der Waals surface area contributed by atoms with Gasteiger partial charge in [-0.05, 0) is 23.7 Å². The molecule has 18 heavy (non-hydrogen) atoms. The van der Waals surface area contributed by atoms with Crippen molar-refractivity contribution in [2.24, 2.45) is 10.8 Å². The predicted octanol–water partition coefficient (Wildman–Crippen LogP) is 6.37. The van der Waals surface area contributed by atoms with Gasteiger partial charge in [-0.15, -0.1) is 0 Å². The van der Waals surface area contributed by atoms with Crippen LogP contribution in [0.25, 0.3) is 0 Å². The van der Waals surface area contributed by atoms with Crippen molar-refractivity contribution in [3.63, 3.8) is 0 Å². The maximum atomic E-state index is 4.44. The van der Waals surface area contributed by atoms with E-state index < -0.39 is 0 Å². The van der Waals surface area contributed by atoms with Crippen LogP contribution in [-0.2, 0) is 0 Å². The van der Waals surface area contributed by atoms with Crippen molar-refractivity contribution < 1.29 is 0 Å². The van der Waals surface area contributed by atoms with Crippen LogP contribution in [-0.4, -0.2) is 4.58 Å². The van der Waals surface area contributed by atoms with E-state index in [2.05, 4.69) is 59.9 Å². The molecule has 0 fully saturated rings. The Kier molecular flexibility index (Phi) is 9.13. The van der Waals surface area contributed by atoms with E-state index in [1.165, 1.54) is 51.4 Å². The Morgan fingerprint density at radius 2 is 1.06 bits per heavy atom. The van der Waals surface area contributed by atoms with E-state index in [0.717, 1.165) is 0 Å². The highest BCUT2D eigenvalue weighted by atomic mass is 32.2. The number of rotatable bonds is 9. The van der Waals surface area contributed by atoms with Gasteiger partial charge >= 0.3 is 0 Å². The van der Waals surface area contributed by atoms with E-state index in [-0.39, 0.29) is 10.00 Å². The predicted molar refractivity (Wildman–Crippen MR) is 91.9 cm³/mol. The average molecular weight is 291 g/mol. The fourth-order valence-corrected chi connectivity index (χ4v) is 2.33. The van der Waals surface area contributed by atoms with Gasteiger partial charge in [-0.25, -0.2) is 0 Å². The van der Waals surface area contributed by atoms with Gasteiger partial charge in [0.25, 0.3) is 0 Å². The van der Waals surface area contributed by atoms with Crippen molar-refractivity contribution in [3.05, 3.63) is 0 Å². The van der Waals surface area contributed by atoms with Gasteiger partial charge in [0, 0.05) is 4.58 Å². The Labute approximate surface area is 127 Å². The molecule has 0 radical (unpaired) electrons. The smallest absolute Gasteiger partial charge is 0.0493 e. The Balaban J connectivity index is 3.37. The lowest BCUT2D eigenvalue weighted by atomic mass is 9.88. The Hall–Kier alpha value is 0.700. The summed E-state index contributed by atoms with van der Waals surface area (Å²) in [6.45, 7) is 11.5. The van der Waals surface area contributed by atoms with Crippen LogP contribution in [0, 0.1) is 10.8 Å². The fraction of sp³-hybridized carbons (Fsp3) is 1.00. The summed E-state index contributed by atoms with van der Waals surface area (Å²) in [4.78, 5) is 0. The molecule has 0 saturated heterocycles. The summed E-state index contributed by atoms with van der Waals surface area (Å²) < 4.78 is 0.198. The van der Waals surface area contributed by atoms with Crippen LogP contribution < -0.4 is 0 Å². The van der Waals surface area contributed by atoms with Crippen molar-refractivity contribution in [1.82, 2.24) is 0 Å². The van der Waals surface area contributed by atoms with E-state index in [1.54, 1.807) is 0 Å². The van der Waals surface area contributed by atoms with Gasteiger partial charge in [0.2, 0.25) is 0 Å². The van der Waals surface area contributed by atoms with Gasteiger partial charge < -0.3 is 0 Å². The minimum absolute atomic E-state index is 0.198. The monoisotopic (exact) mass is 290 g/mol. The molecule has 2 heteroatoms. The van der Waals surface area contributed by atoms with E-state index in [0.29, 0.717) is 5.41 Å². The molecule has 0 nitrogen and oxygen atoms in total. The van der Waals surface area contributed by atoms with Crippen LogP contribution in [0.1, 0.15) is 86.0 Å². The van der Waals surface area contributed by atoms with Crippen LogP contribution in [0.3, 0.4) is 0 Å². The molecule has 0 unspecified atom stereocenters. The quantitative estimate of drug-likeness (QED) is 0.275. The van der Waals surface area contributed by atoms with Crippen molar-refractivity contribution >= 4 is 25.3 Å². The van der Waals surface area contributed by atoms with Crippen LogP contribution in [0.4, 0.5) is 0 Å². The highest BCUT2D eigenvalue weighted by Crippen LogP contribution is 2.33. The Bertz CT molecular complexity index is 202. The van der Waals surface area contributed by atoms with E-state index >= 15 is 0 Å². The second kappa shape index (κ2) is 8.79. The van der Waals surface area contributed by atoms with Crippen molar-refractivity contribution in [3.8, 4) is 0 Å². The number of hydrogen-bond donors (Lipinski definition) is 2. The SMILES string of the molecule is CC(C)(C)CCCCCCCCC(C)(C)C(S)S. The van der Waals surface area contributed by atoms with Crippen molar-refractivity contribution in [2.75, 3.05) is 0 Å². The summed E-state index contributed by atoms with van der Waals surface area (Å²) >= 11 is 8.88. The zero-order chi connectivity index (χ0) is 14.2. The standard InChI is InChI=1S/C16H34S2/c1-15(2,3)12-10-8-6-7-9-11-13-16(4,5)14(17)18/h14,17-18H,6-13H2,1-5H3. The zero-order valence-electron chi connectivity index (χ0n) is 13.1. The maximum absolute atomic E-state index is 4.44. The summed E-state index contributed by atoms with van der Waals surface area (Å²) in [5.41, 5.74) is 0.774. The third-order valence-electron chi connectivity index (χ3n) is 3.70. The van der Waals surface area contributed by atoms with E-state index in [4.69, 9.17) is 0 Å². The first-order valence-electron chi connectivity index (χ1n) is 7.51. The van der Waals surface area contributed by atoms with Gasteiger partial charge in [-0.2, -0.15) is 25.3 Å². The molecule has 0 amide bonds. The minimum atomic E-state index is 0.198. The molecule has 0 saturated carbocycles. The molecule has 0 heterocycles. The molecule has 0 atom stereocenters. The van der Waals surface area contributed by atoms with Gasteiger partial charge in [-0.1, -0.05) is 73.1 Å². The maximum Gasteiger partial charge on any atom is 0.0493 e. The van der Waals surface area contributed by atoms with Gasteiger partial charge in [0.05, 0.1) is 0 Å². The largest absolute Gasteiger partial charge is 0.165 e. The number of unbranched alkanes of at least 4 members (excludes halogenated alkanes) is 5. The van der Waals surface area contributed by atoms with E-state index in [9.17, 15) is 0 Å². The number of hydrogen-bond acceptors (Lipinski definition) is 2. The Morgan fingerprint density at radius 1 is 0.667 bits per heavy atom. The molecule has 0 rings (SSSR count). The van der Waals surface area contributed by atoms with Crippen LogP contribution in [0.2, 0.25) is 0 Å². The molecule has 0 aliphatic rings. The zero-order valence-corrected chi connectivity index (χ0v) is 14.9. The lowest BCUT2D eigenvalue weighted by molar-refractivity contribution is 0.345. The molecule has 0 aromatic heterocycles. The lowest BCUT2D eigenvalue weighted by Gasteiger charge is -2.27. The summed E-state index contributed by atoms with van der Waals surface area (Å²) in [7, 11) is 0. The minimum Gasteiger partial charge on any atom is -0.165 e. The number of thiol groups is 2. The van der Waals surface area contributed by atoms with Crippen molar-refractivity contribution in [2.45, 2.75) is 90.6 Å². The summed E-state index contributed by atoms with van der Waals surface area (Å²) in [5, 5.41) is 0. The topological polar surface area (TPSA) is 0 Å². The van der Waals surface area contributed by atoms with E-state index in [1.807, 2.05) is 0 Å². The lowest BCUT2D eigenvalue weighted by Crippen LogP contribution is -2.19. The second-order valence-corrected chi connectivity index (χ2v) is 8.98. The van der Waals surface area contributed by atoms with Crippen LogP contribution in [0.5, 0.6) is 0 Å². The van der Waals surface area contributed by atoms with Crippen LogP contribution in [0.15, 0.2) is 0 Å². The first-order chi connectivity index (χ1) is 8.15. The molecule has 0 spiro atoms. The molecule has 0 aliphatic heterocycles. The van der Waals surface area contributed by atoms with Gasteiger partial charge in [0.15, 0.2) is 0 Å². The van der Waals surface area contributed by atoms with Gasteiger partial charge in [-0.3, -0.25) is 0 Å². The third kappa shape index (κ3) is 10.6. The molecular weight excluding hydrogens is 256 g/mol. The molecule has 0 aromatic carbocycles. The van der Waals surface area contributed by atoms with Crippen LogP contribution >= 0.6 is 25.3 Å². The normalized spacial score (nSPS) is 13.3.